The summed E-state index contributed by atoms with van der Waals surface area (Å²) in [5, 5.41) is 27.4. The lowest BCUT2D eigenvalue weighted by Crippen LogP contribution is -2.14. The molecule has 0 aliphatic heterocycles. The first kappa shape index (κ1) is 17.8. The topological polar surface area (TPSA) is 130 Å². The number of hydrogen-bond acceptors (Lipinski definition) is 6. The van der Waals surface area contributed by atoms with Gasteiger partial charge in [0.25, 0.3) is 0 Å². The fourth-order valence-electron chi connectivity index (χ4n) is 2.55. The Kier molecular flexibility index (Phi) is 4.56. The minimum absolute atomic E-state index is 0.0742. The van der Waals surface area contributed by atoms with Crippen LogP contribution >= 0.6 is 0 Å². The monoisotopic (exact) mass is 373 g/mol. The Hall–Kier alpha value is -3.06. The van der Waals surface area contributed by atoms with Gasteiger partial charge in [0.15, 0.2) is 5.76 Å². The number of nitrogens with two attached hydrogens (primary N) is 1. The average Bonchev–Trinajstić information content (AvgIpc) is 3.04. The van der Waals surface area contributed by atoms with Crippen molar-refractivity contribution in [3.05, 3.63) is 59.6 Å². The first-order valence-corrected chi connectivity index (χ1v) is 8.82. The van der Waals surface area contributed by atoms with Crippen molar-refractivity contribution in [3.8, 4) is 28.5 Å². The molecule has 1 aromatic heterocycles. The number of aliphatic hydroxyl groups is 1. The van der Waals surface area contributed by atoms with Crippen molar-refractivity contribution in [3.63, 3.8) is 0 Å². The molecule has 3 N–H and O–H groups in total. The normalized spacial score (nSPS) is 11.3. The van der Waals surface area contributed by atoms with Gasteiger partial charge in [0.2, 0.25) is 10.0 Å². The summed E-state index contributed by atoms with van der Waals surface area (Å²) in [6.45, 7) is -0.501. The van der Waals surface area contributed by atoms with Gasteiger partial charge in [0, 0.05) is 5.56 Å². The Morgan fingerprint density at radius 2 is 2.00 bits per heavy atom. The Morgan fingerprint density at radius 1 is 1.23 bits per heavy atom. The first-order chi connectivity index (χ1) is 12.3. The molecule has 132 valence electrons. The van der Waals surface area contributed by atoms with Gasteiger partial charge in [0.05, 0.1) is 17.2 Å². The van der Waals surface area contributed by atoms with Crippen LogP contribution in [0.2, 0.25) is 0 Å². The van der Waals surface area contributed by atoms with Gasteiger partial charge in [-0.05, 0) is 29.8 Å². The number of aliphatic hydroxyl groups excluding tert-OH is 1. The van der Waals surface area contributed by atoms with E-state index in [1.165, 1.54) is 6.07 Å². The molecule has 0 fully saturated rings. The Bertz CT molecular complexity index is 1130. The highest BCUT2D eigenvalue weighted by Gasteiger charge is 2.22. The van der Waals surface area contributed by atoms with Gasteiger partial charge in [-0.25, -0.2) is 17.9 Å². The van der Waals surface area contributed by atoms with E-state index in [1.807, 2.05) is 6.07 Å². The summed E-state index contributed by atoms with van der Waals surface area (Å²) in [6.07, 6.45) is 0. The SMILES string of the molecule is N#Cc1cccc(-c2noc(CO)c2-c2ccc(S(N)(=O)=O)c(F)c2)c1. The molecule has 0 aliphatic rings. The van der Waals surface area contributed by atoms with Crippen molar-refractivity contribution in [1.29, 1.82) is 5.26 Å². The molecule has 1 heterocycles. The van der Waals surface area contributed by atoms with Crippen LogP contribution in [0, 0.1) is 17.1 Å². The lowest BCUT2D eigenvalue weighted by molar-refractivity contribution is 0.230. The van der Waals surface area contributed by atoms with Gasteiger partial charge in [-0.15, -0.1) is 0 Å². The molecular formula is C17H12FN3O4S. The van der Waals surface area contributed by atoms with Gasteiger partial charge in [-0.1, -0.05) is 23.4 Å². The quantitative estimate of drug-likeness (QED) is 0.721. The van der Waals surface area contributed by atoms with Crippen LogP contribution < -0.4 is 5.14 Å². The van der Waals surface area contributed by atoms with Crippen LogP contribution in [0.3, 0.4) is 0 Å². The maximum Gasteiger partial charge on any atom is 0.240 e. The van der Waals surface area contributed by atoms with E-state index in [4.69, 9.17) is 14.9 Å². The third kappa shape index (κ3) is 3.21. The van der Waals surface area contributed by atoms with Crippen LogP contribution in [0.15, 0.2) is 51.9 Å². The molecule has 2 aromatic carbocycles. The van der Waals surface area contributed by atoms with Crippen LogP contribution in [0.5, 0.6) is 0 Å². The molecule has 0 saturated carbocycles. The molecule has 0 aliphatic carbocycles. The molecule has 9 heteroatoms. The number of aromatic nitrogens is 1. The van der Waals surface area contributed by atoms with Gasteiger partial charge in [-0.2, -0.15) is 5.26 Å². The van der Waals surface area contributed by atoms with Gasteiger partial charge in [0.1, 0.15) is 23.0 Å². The first-order valence-electron chi connectivity index (χ1n) is 7.28. The predicted molar refractivity (Wildman–Crippen MR) is 89.3 cm³/mol. The number of rotatable bonds is 4. The van der Waals surface area contributed by atoms with E-state index < -0.39 is 27.3 Å². The minimum atomic E-state index is -4.21. The number of sulfonamides is 1. The molecule has 3 aromatic rings. The van der Waals surface area contributed by atoms with Crippen LogP contribution in [0.25, 0.3) is 22.4 Å². The van der Waals surface area contributed by atoms with Crippen molar-refractivity contribution in [2.75, 3.05) is 0 Å². The number of halogens is 1. The number of benzene rings is 2. The summed E-state index contributed by atoms with van der Waals surface area (Å²) in [5.41, 5.74) is 1.74. The Labute approximate surface area is 148 Å². The van der Waals surface area contributed by atoms with Crippen LogP contribution in [-0.4, -0.2) is 18.7 Å². The van der Waals surface area contributed by atoms with E-state index in [1.54, 1.807) is 24.3 Å². The molecule has 0 amide bonds. The maximum absolute atomic E-state index is 14.2. The summed E-state index contributed by atoms with van der Waals surface area (Å²) >= 11 is 0. The zero-order valence-electron chi connectivity index (χ0n) is 13.2. The minimum Gasteiger partial charge on any atom is -0.388 e. The van der Waals surface area contributed by atoms with Gasteiger partial charge < -0.3 is 9.63 Å². The molecule has 0 atom stereocenters. The number of nitrogens with zero attached hydrogens (tertiary/aromatic N) is 2. The van der Waals surface area contributed by atoms with Crippen LogP contribution in [-0.2, 0) is 16.6 Å². The maximum atomic E-state index is 14.2. The molecule has 0 spiro atoms. The standard InChI is InChI=1S/C17H12FN3O4S/c18-13-7-11(4-5-15(13)26(20,23)24)16-14(9-22)25-21-17(16)12-3-1-2-10(6-12)8-19/h1-7,22H,9H2,(H2,20,23,24). The second-order valence-corrected chi connectivity index (χ2v) is 6.90. The number of hydrogen-bond donors (Lipinski definition) is 2. The van der Waals surface area contributed by atoms with Crippen LogP contribution in [0.1, 0.15) is 11.3 Å². The second-order valence-electron chi connectivity index (χ2n) is 5.37. The number of nitriles is 1. The number of primary sulfonamides is 1. The fourth-order valence-corrected chi connectivity index (χ4v) is 3.14. The highest BCUT2D eigenvalue weighted by atomic mass is 32.2. The Balaban J connectivity index is 2.21. The molecule has 0 radical (unpaired) electrons. The van der Waals surface area contributed by atoms with E-state index in [9.17, 15) is 17.9 Å². The van der Waals surface area contributed by atoms with Crippen molar-refractivity contribution in [1.82, 2.24) is 5.16 Å². The summed E-state index contributed by atoms with van der Waals surface area (Å²) < 4.78 is 42.1. The third-order valence-electron chi connectivity index (χ3n) is 3.70. The molecule has 0 bridgehead atoms. The molecule has 26 heavy (non-hydrogen) atoms. The van der Waals surface area contributed by atoms with Gasteiger partial charge in [-0.3, -0.25) is 0 Å². The molecular weight excluding hydrogens is 361 g/mol. The largest absolute Gasteiger partial charge is 0.388 e. The van der Waals surface area contributed by atoms with Crippen molar-refractivity contribution < 1.29 is 22.4 Å². The highest BCUT2D eigenvalue weighted by Crippen LogP contribution is 2.36. The predicted octanol–water partition coefficient (Wildman–Crippen LogP) is 2.16. The van der Waals surface area contributed by atoms with E-state index in [2.05, 4.69) is 5.16 Å². The summed E-state index contributed by atoms with van der Waals surface area (Å²) in [5.74, 6) is -0.961. The lowest BCUT2D eigenvalue weighted by atomic mass is 9.98. The lowest BCUT2D eigenvalue weighted by Gasteiger charge is -2.07. The van der Waals surface area contributed by atoms with Gasteiger partial charge >= 0.3 is 0 Å². The third-order valence-corrected chi connectivity index (χ3v) is 4.64. The molecule has 3 rings (SSSR count). The van der Waals surface area contributed by atoms with E-state index in [-0.39, 0.29) is 17.0 Å². The highest BCUT2D eigenvalue weighted by molar-refractivity contribution is 7.89. The van der Waals surface area contributed by atoms with Crippen molar-refractivity contribution in [2.45, 2.75) is 11.5 Å². The van der Waals surface area contributed by atoms with E-state index >= 15 is 0 Å². The zero-order chi connectivity index (χ0) is 18.9. The fraction of sp³-hybridized carbons (Fsp3) is 0.0588. The van der Waals surface area contributed by atoms with E-state index in [0.29, 0.717) is 16.7 Å². The average molecular weight is 373 g/mol. The second kappa shape index (κ2) is 6.68. The Morgan fingerprint density at radius 3 is 2.62 bits per heavy atom. The summed E-state index contributed by atoms with van der Waals surface area (Å²) in [6, 6.07) is 11.9. The molecule has 7 nitrogen and oxygen atoms in total. The van der Waals surface area contributed by atoms with E-state index in [0.717, 1.165) is 12.1 Å². The van der Waals surface area contributed by atoms with Crippen molar-refractivity contribution in [2.24, 2.45) is 5.14 Å². The van der Waals surface area contributed by atoms with Crippen LogP contribution in [0.4, 0.5) is 4.39 Å². The molecule has 0 saturated heterocycles. The van der Waals surface area contributed by atoms with Crippen molar-refractivity contribution >= 4 is 10.0 Å². The molecule has 0 unspecified atom stereocenters. The summed E-state index contributed by atoms with van der Waals surface area (Å²) in [7, 11) is -4.21. The smallest absolute Gasteiger partial charge is 0.240 e. The zero-order valence-corrected chi connectivity index (χ0v) is 14.0. The summed E-state index contributed by atoms with van der Waals surface area (Å²) in [4.78, 5) is -0.642.